The molecular formula is C12H21N3O2. The van der Waals surface area contributed by atoms with E-state index in [1.54, 1.807) is 0 Å². The molecule has 0 spiro atoms. The summed E-state index contributed by atoms with van der Waals surface area (Å²) in [6.45, 7) is 1.47. The van der Waals surface area contributed by atoms with E-state index < -0.39 is 0 Å². The summed E-state index contributed by atoms with van der Waals surface area (Å²) in [5.74, 6) is 1.16. The van der Waals surface area contributed by atoms with Crippen molar-refractivity contribution >= 4 is 11.7 Å². The third kappa shape index (κ3) is 2.90. The summed E-state index contributed by atoms with van der Waals surface area (Å²) in [7, 11) is 0. The number of likely N-dealkylation sites (tertiary alicyclic amines) is 1. The smallest absolute Gasteiger partial charge is 0.222 e. The van der Waals surface area contributed by atoms with Crippen LogP contribution < -0.4 is 5.73 Å². The maximum Gasteiger partial charge on any atom is 0.222 e. The number of nitrogens with two attached hydrogens (primary N) is 1. The van der Waals surface area contributed by atoms with Gasteiger partial charge in [-0.05, 0) is 25.2 Å². The highest BCUT2D eigenvalue weighted by atomic mass is 16.4. The van der Waals surface area contributed by atoms with E-state index in [2.05, 4.69) is 5.16 Å². The van der Waals surface area contributed by atoms with Gasteiger partial charge in [0.05, 0.1) is 0 Å². The number of amides is 1. The number of rotatable bonds is 3. The first-order chi connectivity index (χ1) is 8.20. The van der Waals surface area contributed by atoms with Crippen LogP contribution in [0.4, 0.5) is 0 Å². The van der Waals surface area contributed by atoms with Crippen LogP contribution in [0.25, 0.3) is 0 Å². The first-order valence-corrected chi connectivity index (χ1v) is 6.46. The van der Waals surface area contributed by atoms with E-state index in [9.17, 15) is 4.79 Å². The highest BCUT2D eigenvalue weighted by Crippen LogP contribution is 2.27. The summed E-state index contributed by atoms with van der Waals surface area (Å²) in [5.41, 5.74) is 5.63. The standard InChI is InChI=1S/C12H21N3O2/c13-12(14-17)10-5-6-11(16)15(8-10)7-9-3-1-2-4-9/h9-10,17H,1-8H2,(H2,13,14). The second-order valence-corrected chi connectivity index (χ2v) is 5.21. The topological polar surface area (TPSA) is 78.9 Å². The lowest BCUT2D eigenvalue weighted by molar-refractivity contribution is -0.134. The number of carbonyl (C=O) groups excluding carboxylic acids is 1. The Bertz CT molecular complexity index is 311. The number of hydrogen-bond donors (Lipinski definition) is 2. The van der Waals surface area contributed by atoms with Crippen molar-refractivity contribution in [3.8, 4) is 0 Å². The van der Waals surface area contributed by atoms with Crippen LogP contribution in [0.2, 0.25) is 0 Å². The highest BCUT2D eigenvalue weighted by Gasteiger charge is 2.30. The van der Waals surface area contributed by atoms with Gasteiger partial charge >= 0.3 is 0 Å². The van der Waals surface area contributed by atoms with Gasteiger partial charge in [0.25, 0.3) is 0 Å². The SMILES string of the molecule is N/C(=N\O)C1CCC(=O)N(CC2CCCC2)C1. The Morgan fingerprint density at radius 2 is 2.12 bits per heavy atom. The van der Waals surface area contributed by atoms with Crippen molar-refractivity contribution in [3.05, 3.63) is 0 Å². The molecular weight excluding hydrogens is 218 g/mol. The summed E-state index contributed by atoms with van der Waals surface area (Å²) >= 11 is 0. The molecule has 1 atom stereocenters. The molecule has 5 nitrogen and oxygen atoms in total. The number of piperidine rings is 1. The third-order valence-corrected chi connectivity index (χ3v) is 3.99. The molecule has 0 aromatic rings. The van der Waals surface area contributed by atoms with Crippen LogP contribution in [0.1, 0.15) is 38.5 Å². The van der Waals surface area contributed by atoms with Crippen molar-refractivity contribution in [3.63, 3.8) is 0 Å². The van der Waals surface area contributed by atoms with E-state index in [1.165, 1.54) is 25.7 Å². The van der Waals surface area contributed by atoms with Crippen molar-refractivity contribution in [1.82, 2.24) is 4.90 Å². The van der Waals surface area contributed by atoms with Gasteiger partial charge in [-0.3, -0.25) is 4.79 Å². The molecule has 1 heterocycles. The lowest BCUT2D eigenvalue weighted by Gasteiger charge is -2.33. The van der Waals surface area contributed by atoms with Gasteiger partial charge in [-0.25, -0.2) is 0 Å². The molecule has 1 aliphatic carbocycles. The Morgan fingerprint density at radius 3 is 2.76 bits per heavy atom. The largest absolute Gasteiger partial charge is 0.409 e. The summed E-state index contributed by atoms with van der Waals surface area (Å²) < 4.78 is 0. The van der Waals surface area contributed by atoms with Crippen molar-refractivity contribution < 1.29 is 10.0 Å². The Labute approximate surface area is 102 Å². The molecule has 1 amide bonds. The molecule has 1 aliphatic heterocycles. The average Bonchev–Trinajstić information content (AvgIpc) is 2.84. The lowest BCUT2D eigenvalue weighted by Crippen LogP contribution is -2.46. The quantitative estimate of drug-likeness (QED) is 0.336. The minimum absolute atomic E-state index is 0.0269. The van der Waals surface area contributed by atoms with Crippen LogP contribution in [0.5, 0.6) is 0 Å². The van der Waals surface area contributed by atoms with Gasteiger partial charge in [0, 0.05) is 25.4 Å². The molecule has 96 valence electrons. The number of hydrogen-bond acceptors (Lipinski definition) is 3. The van der Waals surface area contributed by atoms with Crippen LogP contribution >= 0.6 is 0 Å². The Hall–Kier alpha value is -1.26. The zero-order chi connectivity index (χ0) is 12.3. The molecule has 0 aromatic heterocycles. The van der Waals surface area contributed by atoms with Crippen LogP contribution in [-0.4, -0.2) is 34.9 Å². The monoisotopic (exact) mass is 239 g/mol. The predicted octanol–water partition coefficient (Wildman–Crippen LogP) is 1.16. The highest BCUT2D eigenvalue weighted by molar-refractivity contribution is 5.86. The Balaban J connectivity index is 1.92. The van der Waals surface area contributed by atoms with E-state index in [0.717, 1.165) is 6.54 Å². The van der Waals surface area contributed by atoms with Crippen LogP contribution in [-0.2, 0) is 4.79 Å². The molecule has 3 N–H and O–H groups in total. The molecule has 0 aromatic carbocycles. The van der Waals surface area contributed by atoms with Gasteiger partial charge in [0.1, 0.15) is 5.84 Å². The Kier molecular flexibility index (Phi) is 3.86. The zero-order valence-corrected chi connectivity index (χ0v) is 10.1. The second-order valence-electron chi connectivity index (χ2n) is 5.21. The molecule has 2 aliphatic rings. The molecule has 1 saturated carbocycles. The minimum atomic E-state index is 0.0269. The predicted molar refractivity (Wildman–Crippen MR) is 64.7 cm³/mol. The molecule has 1 unspecified atom stereocenters. The number of amidine groups is 1. The van der Waals surface area contributed by atoms with Gasteiger partial charge < -0.3 is 15.8 Å². The number of nitrogens with zero attached hydrogens (tertiary/aromatic N) is 2. The summed E-state index contributed by atoms with van der Waals surface area (Å²) in [6, 6.07) is 0. The van der Waals surface area contributed by atoms with Gasteiger partial charge in [0.15, 0.2) is 0 Å². The fourth-order valence-electron chi connectivity index (χ4n) is 2.92. The molecule has 2 fully saturated rings. The molecule has 0 bridgehead atoms. The fraction of sp³-hybridized carbons (Fsp3) is 0.833. The van der Waals surface area contributed by atoms with Crippen LogP contribution in [0, 0.1) is 11.8 Å². The summed E-state index contributed by atoms with van der Waals surface area (Å²) in [4.78, 5) is 13.7. The molecule has 1 saturated heterocycles. The second kappa shape index (κ2) is 5.38. The van der Waals surface area contributed by atoms with Gasteiger partial charge in [-0.15, -0.1) is 0 Å². The summed E-state index contributed by atoms with van der Waals surface area (Å²) in [5, 5.41) is 11.7. The van der Waals surface area contributed by atoms with Crippen molar-refractivity contribution in [2.75, 3.05) is 13.1 Å². The summed E-state index contributed by atoms with van der Waals surface area (Å²) in [6.07, 6.45) is 6.27. The van der Waals surface area contributed by atoms with Crippen molar-refractivity contribution in [1.29, 1.82) is 0 Å². The molecule has 5 heteroatoms. The number of oxime groups is 1. The normalized spacial score (nSPS) is 27.8. The third-order valence-electron chi connectivity index (χ3n) is 3.99. The van der Waals surface area contributed by atoms with Crippen molar-refractivity contribution in [2.24, 2.45) is 22.7 Å². The maximum absolute atomic E-state index is 11.8. The molecule has 2 rings (SSSR count). The van der Waals surface area contributed by atoms with E-state index in [0.29, 0.717) is 25.3 Å². The van der Waals surface area contributed by atoms with Gasteiger partial charge in [-0.1, -0.05) is 18.0 Å². The van der Waals surface area contributed by atoms with Gasteiger partial charge in [0.2, 0.25) is 5.91 Å². The van der Waals surface area contributed by atoms with Crippen LogP contribution in [0.3, 0.4) is 0 Å². The number of carbonyl (C=O) groups is 1. The molecule has 17 heavy (non-hydrogen) atoms. The van der Waals surface area contributed by atoms with E-state index in [1.807, 2.05) is 4.90 Å². The maximum atomic E-state index is 11.8. The lowest BCUT2D eigenvalue weighted by atomic mass is 9.95. The minimum Gasteiger partial charge on any atom is -0.409 e. The van der Waals surface area contributed by atoms with Crippen molar-refractivity contribution in [2.45, 2.75) is 38.5 Å². The van der Waals surface area contributed by atoms with Gasteiger partial charge in [-0.2, -0.15) is 0 Å². The van der Waals surface area contributed by atoms with E-state index >= 15 is 0 Å². The van der Waals surface area contributed by atoms with E-state index in [-0.39, 0.29) is 17.7 Å². The fourth-order valence-corrected chi connectivity index (χ4v) is 2.92. The van der Waals surface area contributed by atoms with E-state index in [4.69, 9.17) is 10.9 Å². The Morgan fingerprint density at radius 1 is 1.41 bits per heavy atom. The zero-order valence-electron chi connectivity index (χ0n) is 10.1. The first-order valence-electron chi connectivity index (χ1n) is 6.46. The van der Waals surface area contributed by atoms with Crippen LogP contribution in [0.15, 0.2) is 5.16 Å². The first kappa shape index (κ1) is 12.2. The average molecular weight is 239 g/mol. The molecule has 0 radical (unpaired) electrons.